The van der Waals surface area contributed by atoms with Gasteiger partial charge in [0.05, 0.1) is 30.7 Å². The van der Waals surface area contributed by atoms with E-state index in [2.05, 4.69) is 4.98 Å². The van der Waals surface area contributed by atoms with Gasteiger partial charge in [-0.2, -0.15) is 4.31 Å². The largest absolute Gasteiger partial charge is 0.496 e. The molecular weight excluding hydrogens is 344 g/mol. The van der Waals surface area contributed by atoms with Crippen LogP contribution in [0.2, 0.25) is 0 Å². The minimum Gasteiger partial charge on any atom is -0.496 e. The van der Waals surface area contributed by atoms with Gasteiger partial charge in [0.2, 0.25) is 10.0 Å². The van der Waals surface area contributed by atoms with Crippen molar-refractivity contribution in [2.75, 3.05) is 14.2 Å². The molecule has 134 valence electrons. The number of carbonyl (C=O) groups is 1. The van der Waals surface area contributed by atoms with E-state index in [1.165, 1.54) is 36.7 Å². The van der Waals surface area contributed by atoms with Crippen LogP contribution in [0.5, 0.6) is 5.75 Å². The number of benzene rings is 1. The van der Waals surface area contributed by atoms with Gasteiger partial charge in [-0.25, -0.2) is 8.42 Å². The lowest BCUT2D eigenvalue weighted by atomic mass is 10.1. The fourth-order valence-corrected chi connectivity index (χ4v) is 3.59. The molecule has 8 heteroatoms. The number of carboxylic acids is 1. The molecule has 0 saturated carbocycles. The Kier molecular flexibility index (Phi) is 5.76. The van der Waals surface area contributed by atoms with Crippen LogP contribution < -0.4 is 4.74 Å². The Labute approximate surface area is 146 Å². The minimum absolute atomic E-state index is 0.0136. The summed E-state index contributed by atoms with van der Waals surface area (Å²) in [5.41, 5.74) is 1.74. The lowest BCUT2D eigenvalue weighted by Crippen LogP contribution is -2.27. The van der Waals surface area contributed by atoms with Crippen molar-refractivity contribution in [3.05, 3.63) is 53.3 Å². The fourth-order valence-electron chi connectivity index (χ4n) is 2.40. The van der Waals surface area contributed by atoms with E-state index < -0.39 is 16.0 Å². The van der Waals surface area contributed by atoms with Crippen molar-refractivity contribution in [3.8, 4) is 5.75 Å². The van der Waals surface area contributed by atoms with Crippen molar-refractivity contribution in [1.29, 1.82) is 0 Å². The second kappa shape index (κ2) is 7.62. The van der Waals surface area contributed by atoms with E-state index in [0.717, 1.165) is 5.69 Å². The van der Waals surface area contributed by atoms with Gasteiger partial charge in [0, 0.05) is 18.3 Å². The molecule has 2 rings (SSSR count). The Bertz CT molecular complexity index is 880. The van der Waals surface area contributed by atoms with Crippen molar-refractivity contribution >= 4 is 16.0 Å². The predicted octanol–water partition coefficient (Wildman–Crippen LogP) is 1.85. The van der Waals surface area contributed by atoms with Gasteiger partial charge >= 0.3 is 5.97 Å². The molecule has 0 atom stereocenters. The van der Waals surface area contributed by atoms with Crippen LogP contribution in [-0.4, -0.2) is 42.9 Å². The van der Waals surface area contributed by atoms with Gasteiger partial charge in [-0.15, -0.1) is 0 Å². The second-order valence-corrected chi connectivity index (χ2v) is 7.62. The summed E-state index contributed by atoms with van der Waals surface area (Å²) in [7, 11) is -0.923. The summed E-state index contributed by atoms with van der Waals surface area (Å²) < 4.78 is 31.8. The number of hydrogen-bond acceptors (Lipinski definition) is 5. The first-order chi connectivity index (χ1) is 11.7. The summed E-state index contributed by atoms with van der Waals surface area (Å²) in [6.07, 6.45) is -0.324. The van der Waals surface area contributed by atoms with Crippen LogP contribution in [0.1, 0.15) is 17.0 Å². The van der Waals surface area contributed by atoms with Crippen molar-refractivity contribution in [3.63, 3.8) is 0 Å². The number of aromatic nitrogens is 1. The number of hydrogen-bond donors (Lipinski definition) is 1. The fraction of sp³-hybridized carbons (Fsp3) is 0.294. The maximum absolute atomic E-state index is 12.8. The summed E-state index contributed by atoms with van der Waals surface area (Å²) in [6.45, 7) is 1.95. The zero-order valence-electron chi connectivity index (χ0n) is 14.3. The van der Waals surface area contributed by atoms with Crippen LogP contribution in [0.25, 0.3) is 0 Å². The third-order valence-corrected chi connectivity index (χ3v) is 5.43. The lowest BCUT2D eigenvalue weighted by molar-refractivity contribution is -0.136. The molecule has 0 aliphatic carbocycles. The summed E-state index contributed by atoms with van der Waals surface area (Å²) in [6, 6.07) is 9.60. The second-order valence-electron chi connectivity index (χ2n) is 5.58. The molecular formula is C17H20N2O5S. The summed E-state index contributed by atoms with van der Waals surface area (Å²) in [5.74, 6) is -0.727. The number of methoxy groups -OCH3 is 1. The Morgan fingerprint density at radius 2 is 2.00 bits per heavy atom. The highest BCUT2D eigenvalue weighted by atomic mass is 32.2. The molecule has 1 aromatic heterocycles. The molecule has 0 fully saturated rings. The van der Waals surface area contributed by atoms with Gasteiger partial charge in [0.1, 0.15) is 5.75 Å². The number of aliphatic carboxylic acids is 1. The zero-order chi connectivity index (χ0) is 18.6. The minimum atomic E-state index is -3.79. The maximum atomic E-state index is 12.8. The first kappa shape index (κ1) is 18.9. The van der Waals surface area contributed by atoms with Gasteiger partial charge < -0.3 is 9.84 Å². The van der Waals surface area contributed by atoms with E-state index in [0.29, 0.717) is 17.0 Å². The smallest absolute Gasteiger partial charge is 0.307 e. The van der Waals surface area contributed by atoms with E-state index in [-0.39, 0.29) is 17.9 Å². The van der Waals surface area contributed by atoms with E-state index in [1.807, 2.05) is 19.1 Å². The molecule has 0 aliphatic rings. The highest BCUT2D eigenvalue weighted by Gasteiger charge is 2.23. The van der Waals surface area contributed by atoms with E-state index in [1.54, 1.807) is 6.07 Å². The molecule has 1 aromatic carbocycles. The maximum Gasteiger partial charge on any atom is 0.307 e. The molecule has 0 aliphatic heterocycles. The quantitative estimate of drug-likeness (QED) is 0.805. The van der Waals surface area contributed by atoms with Crippen molar-refractivity contribution < 1.29 is 23.1 Å². The lowest BCUT2D eigenvalue weighted by Gasteiger charge is -2.18. The molecule has 1 N–H and O–H groups in total. The number of pyridine rings is 1. The number of nitrogens with zero attached hydrogens (tertiary/aromatic N) is 2. The van der Waals surface area contributed by atoms with Crippen LogP contribution in [0.3, 0.4) is 0 Å². The first-order valence-electron chi connectivity index (χ1n) is 7.51. The number of rotatable bonds is 7. The van der Waals surface area contributed by atoms with Crippen LogP contribution >= 0.6 is 0 Å². The Morgan fingerprint density at radius 1 is 1.28 bits per heavy atom. The van der Waals surface area contributed by atoms with Gasteiger partial charge in [-0.3, -0.25) is 9.78 Å². The molecule has 0 radical (unpaired) electrons. The molecule has 0 spiro atoms. The third-order valence-electron chi connectivity index (χ3n) is 3.63. The van der Waals surface area contributed by atoms with Gasteiger partial charge in [0.15, 0.2) is 0 Å². The molecule has 0 unspecified atom stereocenters. The van der Waals surface area contributed by atoms with Crippen LogP contribution in [0, 0.1) is 6.92 Å². The number of sulfonamides is 1. The zero-order valence-corrected chi connectivity index (χ0v) is 15.1. The molecule has 0 saturated heterocycles. The van der Waals surface area contributed by atoms with E-state index in [9.17, 15) is 13.2 Å². The molecule has 25 heavy (non-hydrogen) atoms. The molecule has 0 bridgehead atoms. The monoisotopic (exact) mass is 364 g/mol. The van der Waals surface area contributed by atoms with E-state index >= 15 is 0 Å². The Balaban J connectivity index is 2.33. The SMILES string of the molecule is COc1ccc(S(=O)(=O)N(C)Cc2cccc(C)n2)cc1CC(=O)O. The molecule has 7 nitrogen and oxygen atoms in total. The van der Waals surface area contributed by atoms with E-state index in [4.69, 9.17) is 9.84 Å². The van der Waals surface area contributed by atoms with Crippen molar-refractivity contribution in [1.82, 2.24) is 9.29 Å². The van der Waals surface area contributed by atoms with Crippen LogP contribution in [-0.2, 0) is 27.8 Å². The average Bonchev–Trinajstić information content (AvgIpc) is 2.54. The summed E-state index contributed by atoms with van der Waals surface area (Å²) in [4.78, 5) is 15.3. The molecule has 1 heterocycles. The Hall–Kier alpha value is -2.45. The first-order valence-corrected chi connectivity index (χ1v) is 8.95. The predicted molar refractivity (Wildman–Crippen MR) is 92.0 cm³/mol. The van der Waals surface area contributed by atoms with Crippen molar-refractivity contribution in [2.24, 2.45) is 0 Å². The van der Waals surface area contributed by atoms with Gasteiger partial charge in [0.25, 0.3) is 0 Å². The van der Waals surface area contributed by atoms with Gasteiger partial charge in [-0.05, 0) is 37.3 Å². The molecule has 0 amide bonds. The van der Waals surface area contributed by atoms with Crippen LogP contribution in [0.4, 0.5) is 0 Å². The highest BCUT2D eigenvalue weighted by Crippen LogP contribution is 2.25. The normalized spacial score (nSPS) is 11.5. The number of carboxylic acid groups (broad SMARTS) is 1. The third kappa shape index (κ3) is 4.55. The summed E-state index contributed by atoms with van der Waals surface area (Å²) >= 11 is 0. The average molecular weight is 364 g/mol. The van der Waals surface area contributed by atoms with Gasteiger partial charge in [-0.1, -0.05) is 6.07 Å². The standard InChI is InChI=1S/C17H20N2O5S/c1-12-5-4-6-14(18-12)11-19(2)25(22,23)15-7-8-16(24-3)13(9-15)10-17(20)21/h4-9H,10-11H2,1-3H3,(H,20,21). The van der Waals surface area contributed by atoms with Crippen LogP contribution in [0.15, 0.2) is 41.3 Å². The number of ether oxygens (including phenoxy) is 1. The number of aryl methyl sites for hydroxylation is 1. The van der Waals surface area contributed by atoms with Crippen molar-refractivity contribution in [2.45, 2.75) is 24.8 Å². The molecule has 2 aromatic rings. The Morgan fingerprint density at radius 3 is 2.60 bits per heavy atom. The highest BCUT2D eigenvalue weighted by molar-refractivity contribution is 7.89. The topological polar surface area (TPSA) is 96.8 Å². The summed E-state index contributed by atoms with van der Waals surface area (Å²) in [5, 5.41) is 8.99.